The van der Waals surface area contributed by atoms with Crippen LogP contribution in [0.4, 0.5) is 17.1 Å². The van der Waals surface area contributed by atoms with Gasteiger partial charge in [0.25, 0.3) is 0 Å². The number of hydrogen-bond donors (Lipinski definition) is 0. The minimum Gasteiger partial charge on any atom is -0.308 e. The summed E-state index contributed by atoms with van der Waals surface area (Å²) in [6.45, 7) is 0. The molecule has 0 saturated heterocycles. The molecule has 0 N–H and O–H groups in total. The van der Waals surface area contributed by atoms with Crippen LogP contribution in [0.5, 0.6) is 0 Å². The summed E-state index contributed by atoms with van der Waals surface area (Å²) in [4.78, 5) is 6.80. The Balaban J connectivity index is 1.56. The van der Waals surface area contributed by atoms with Crippen molar-refractivity contribution in [2.24, 2.45) is 0 Å². The van der Waals surface area contributed by atoms with E-state index in [0.29, 0.717) is 0 Å². The Labute approximate surface area is 239 Å². The van der Waals surface area contributed by atoms with Gasteiger partial charge in [0, 0.05) is 34.6 Å². The molecule has 0 saturated carbocycles. The van der Waals surface area contributed by atoms with Crippen LogP contribution in [0.2, 0.25) is 0 Å². The summed E-state index contributed by atoms with van der Waals surface area (Å²) in [5.74, 6) is 0. The average Bonchev–Trinajstić information content (AvgIpc) is 3.06. The van der Waals surface area contributed by atoms with Gasteiger partial charge in [-0.3, -0.25) is 4.98 Å². The van der Waals surface area contributed by atoms with Crippen molar-refractivity contribution < 1.29 is 0 Å². The highest BCUT2D eigenvalue weighted by molar-refractivity contribution is 6.18. The molecule has 2 nitrogen and oxygen atoms in total. The van der Waals surface area contributed by atoms with Crippen LogP contribution < -0.4 is 4.90 Å². The van der Waals surface area contributed by atoms with Crippen molar-refractivity contribution in [2.75, 3.05) is 4.90 Å². The molecule has 0 atom stereocenters. The highest BCUT2D eigenvalue weighted by Crippen LogP contribution is 2.56. The second-order valence-corrected chi connectivity index (χ2v) is 10.4. The average molecular weight is 523 g/mol. The molecule has 0 unspecified atom stereocenters. The molecule has 6 aromatic carbocycles. The van der Waals surface area contributed by atoms with Gasteiger partial charge in [0.15, 0.2) is 0 Å². The Morgan fingerprint density at radius 2 is 1.00 bits per heavy atom. The Hall–Kier alpha value is -5.47. The maximum Gasteiger partial charge on any atom is 0.0625 e. The van der Waals surface area contributed by atoms with E-state index >= 15 is 0 Å². The number of aromatic nitrogens is 1. The van der Waals surface area contributed by atoms with Crippen LogP contribution in [0.15, 0.2) is 158 Å². The number of benzene rings is 6. The van der Waals surface area contributed by atoms with Gasteiger partial charge >= 0.3 is 0 Å². The normalized spacial score (nSPS) is 11.9. The molecule has 0 spiro atoms. The van der Waals surface area contributed by atoms with Crippen LogP contribution in [0.3, 0.4) is 0 Å². The summed E-state index contributed by atoms with van der Waals surface area (Å²) in [5, 5.41) is 2.51. The van der Waals surface area contributed by atoms with Crippen LogP contribution in [0.1, 0.15) is 0 Å². The molecule has 8 rings (SSSR count). The van der Waals surface area contributed by atoms with Gasteiger partial charge in [0.05, 0.1) is 11.4 Å². The number of hydrogen-bond acceptors (Lipinski definition) is 2. The molecular formula is C39H26N2. The predicted octanol–water partition coefficient (Wildman–Crippen LogP) is 10.7. The molecule has 2 heteroatoms. The van der Waals surface area contributed by atoms with E-state index in [4.69, 9.17) is 0 Å². The predicted molar refractivity (Wildman–Crippen MR) is 172 cm³/mol. The Kier molecular flexibility index (Phi) is 5.49. The van der Waals surface area contributed by atoms with Crippen molar-refractivity contribution in [1.29, 1.82) is 0 Å². The van der Waals surface area contributed by atoms with Crippen LogP contribution in [0, 0.1) is 0 Å². The number of pyridine rings is 1. The number of fused-ring (bicyclic) bond motifs is 2. The molecule has 2 heterocycles. The van der Waals surface area contributed by atoms with E-state index in [-0.39, 0.29) is 0 Å². The fourth-order valence-electron chi connectivity index (χ4n) is 6.36. The lowest BCUT2D eigenvalue weighted by molar-refractivity contribution is 1.24. The van der Waals surface area contributed by atoms with E-state index in [9.17, 15) is 0 Å². The first kappa shape index (κ1) is 23.4. The van der Waals surface area contributed by atoms with E-state index in [0.717, 1.165) is 5.69 Å². The van der Waals surface area contributed by atoms with Crippen molar-refractivity contribution in [3.05, 3.63) is 158 Å². The Bertz CT molecular complexity index is 2030. The Morgan fingerprint density at radius 3 is 1.73 bits per heavy atom. The molecule has 1 aromatic heterocycles. The molecule has 192 valence electrons. The second kappa shape index (κ2) is 9.62. The van der Waals surface area contributed by atoms with Gasteiger partial charge in [0.2, 0.25) is 0 Å². The summed E-state index contributed by atoms with van der Waals surface area (Å²) in [6, 6.07) is 52.4. The molecule has 1 aliphatic heterocycles. The summed E-state index contributed by atoms with van der Waals surface area (Å²) in [6.07, 6.45) is 3.77. The molecule has 0 amide bonds. The number of rotatable bonds is 4. The maximum absolute atomic E-state index is 4.36. The van der Waals surface area contributed by atoms with Crippen molar-refractivity contribution in [1.82, 2.24) is 4.98 Å². The van der Waals surface area contributed by atoms with Gasteiger partial charge < -0.3 is 4.90 Å². The summed E-state index contributed by atoms with van der Waals surface area (Å²) in [7, 11) is 0. The van der Waals surface area contributed by atoms with Crippen molar-refractivity contribution in [3.8, 4) is 44.5 Å². The molecular weight excluding hydrogens is 496 g/mol. The van der Waals surface area contributed by atoms with Gasteiger partial charge in [-0.25, -0.2) is 0 Å². The third-order valence-electron chi connectivity index (χ3n) is 8.10. The second-order valence-electron chi connectivity index (χ2n) is 10.4. The lowest BCUT2D eigenvalue weighted by Crippen LogP contribution is -2.17. The zero-order valence-corrected chi connectivity index (χ0v) is 22.4. The van der Waals surface area contributed by atoms with Gasteiger partial charge in [-0.2, -0.15) is 0 Å². The molecule has 7 aromatic rings. The van der Waals surface area contributed by atoms with E-state index < -0.39 is 0 Å². The van der Waals surface area contributed by atoms with Crippen LogP contribution >= 0.6 is 0 Å². The molecule has 0 aliphatic carbocycles. The fourth-order valence-corrected chi connectivity index (χ4v) is 6.36. The Morgan fingerprint density at radius 1 is 0.415 bits per heavy atom. The first-order valence-corrected chi connectivity index (χ1v) is 14.0. The van der Waals surface area contributed by atoms with Crippen molar-refractivity contribution >= 4 is 27.8 Å². The van der Waals surface area contributed by atoms with E-state index in [1.54, 1.807) is 0 Å². The SMILES string of the molecule is c1ccc(-c2ccccc2-c2c(-c3ccccc3)ccc3c2N(c2ccncc2)c2cccc4cccc-3c24)cc1. The highest BCUT2D eigenvalue weighted by atomic mass is 15.2. The third kappa shape index (κ3) is 3.76. The molecule has 1 aliphatic rings. The van der Waals surface area contributed by atoms with Crippen LogP contribution in [-0.4, -0.2) is 4.98 Å². The number of nitrogens with zero attached hydrogens (tertiary/aromatic N) is 2. The van der Waals surface area contributed by atoms with E-state index in [1.165, 1.54) is 66.7 Å². The summed E-state index contributed by atoms with van der Waals surface area (Å²) in [5.41, 5.74) is 13.2. The highest BCUT2D eigenvalue weighted by Gasteiger charge is 2.31. The van der Waals surface area contributed by atoms with E-state index in [2.05, 4.69) is 155 Å². The van der Waals surface area contributed by atoms with Gasteiger partial charge in [-0.1, -0.05) is 127 Å². The zero-order valence-electron chi connectivity index (χ0n) is 22.4. The van der Waals surface area contributed by atoms with Gasteiger partial charge in [0.1, 0.15) is 0 Å². The summed E-state index contributed by atoms with van der Waals surface area (Å²) < 4.78 is 0. The third-order valence-corrected chi connectivity index (χ3v) is 8.10. The molecule has 0 bridgehead atoms. The van der Waals surface area contributed by atoms with Gasteiger partial charge in [-0.15, -0.1) is 0 Å². The van der Waals surface area contributed by atoms with Crippen LogP contribution in [0.25, 0.3) is 55.3 Å². The monoisotopic (exact) mass is 522 g/mol. The molecule has 0 radical (unpaired) electrons. The van der Waals surface area contributed by atoms with Crippen LogP contribution in [-0.2, 0) is 0 Å². The minimum atomic E-state index is 1.09. The maximum atomic E-state index is 4.36. The van der Waals surface area contributed by atoms with Crippen molar-refractivity contribution in [3.63, 3.8) is 0 Å². The zero-order chi connectivity index (χ0) is 27.2. The van der Waals surface area contributed by atoms with Crippen molar-refractivity contribution in [2.45, 2.75) is 0 Å². The fraction of sp³-hybridized carbons (Fsp3) is 0. The first-order valence-electron chi connectivity index (χ1n) is 14.0. The molecule has 41 heavy (non-hydrogen) atoms. The van der Waals surface area contributed by atoms with Gasteiger partial charge in [-0.05, 0) is 57.0 Å². The molecule has 0 fully saturated rings. The first-order chi connectivity index (χ1) is 20.4. The smallest absolute Gasteiger partial charge is 0.0625 e. The minimum absolute atomic E-state index is 1.09. The quantitative estimate of drug-likeness (QED) is 0.228. The largest absolute Gasteiger partial charge is 0.308 e. The number of anilines is 3. The standard InChI is InChI=1S/C39H26N2/c1-3-11-27(12-4-1)31-17-7-8-18-33(31)38-32(28-13-5-2-6-14-28)21-22-35-34-19-9-15-29-16-10-20-36(37(29)34)41(39(35)38)30-23-25-40-26-24-30/h1-26H. The lowest BCUT2D eigenvalue weighted by atomic mass is 9.82. The topological polar surface area (TPSA) is 16.1 Å². The van der Waals surface area contributed by atoms with E-state index in [1.807, 2.05) is 12.4 Å². The summed E-state index contributed by atoms with van der Waals surface area (Å²) >= 11 is 0. The lowest BCUT2D eigenvalue weighted by Gasteiger charge is -2.36.